The first kappa shape index (κ1) is 19.8. The molecule has 0 radical (unpaired) electrons. The predicted molar refractivity (Wildman–Crippen MR) is 128 cm³/mol. The third-order valence-electron chi connectivity index (χ3n) is 5.80. The minimum absolute atomic E-state index is 0.132. The van der Waals surface area contributed by atoms with E-state index in [1.54, 1.807) is 0 Å². The smallest absolute Gasteiger partial charge is 0.213 e. The van der Waals surface area contributed by atoms with Gasteiger partial charge >= 0.3 is 0 Å². The Morgan fingerprint density at radius 1 is 1.00 bits per heavy atom. The van der Waals surface area contributed by atoms with Gasteiger partial charge in [0.15, 0.2) is 0 Å². The third kappa shape index (κ3) is 3.48. The lowest BCUT2D eigenvalue weighted by atomic mass is 9.95. The molecule has 3 aromatic carbocycles. The molecule has 2 atom stereocenters. The van der Waals surface area contributed by atoms with Gasteiger partial charge in [0.25, 0.3) is 0 Å². The normalized spacial score (nSPS) is 19.9. The fraction of sp³-hybridized carbons (Fsp3) is 0.240. The molecule has 2 heterocycles. The maximum absolute atomic E-state index is 6.55. The van der Waals surface area contributed by atoms with E-state index in [1.807, 2.05) is 12.1 Å². The lowest BCUT2D eigenvalue weighted by Gasteiger charge is -2.38. The minimum atomic E-state index is -0.262. The van der Waals surface area contributed by atoms with Crippen LogP contribution in [-0.2, 0) is 0 Å². The van der Waals surface area contributed by atoms with Gasteiger partial charge in [-0.15, -0.1) is 0 Å². The van der Waals surface area contributed by atoms with E-state index in [0.29, 0.717) is 5.92 Å². The second-order valence-corrected chi connectivity index (χ2v) is 9.88. The number of rotatable bonds is 3. The fourth-order valence-corrected chi connectivity index (χ4v) is 5.54. The summed E-state index contributed by atoms with van der Waals surface area (Å²) in [5.41, 5.74) is 5.85. The molecule has 0 amide bonds. The third-order valence-corrected chi connectivity index (χ3v) is 6.85. The summed E-state index contributed by atoms with van der Waals surface area (Å²) in [5.74, 6) is 1.41. The van der Waals surface area contributed by atoms with Gasteiger partial charge in [-0.05, 0) is 45.1 Å². The van der Waals surface area contributed by atoms with Crippen molar-refractivity contribution in [3.8, 4) is 5.75 Å². The first-order valence-corrected chi connectivity index (χ1v) is 11.8. The number of hydrogen-bond acceptors (Lipinski definition) is 3. The van der Waals surface area contributed by atoms with E-state index < -0.39 is 0 Å². The molecule has 0 saturated heterocycles. The Labute approximate surface area is 194 Å². The van der Waals surface area contributed by atoms with Crippen molar-refractivity contribution in [2.24, 2.45) is 5.10 Å². The maximum Gasteiger partial charge on any atom is 0.213 e. The second kappa shape index (κ2) is 7.86. The SMILES string of the molecule is CC(C)c1ccc([C@@H]2Oc3c(Br)cc(Br)cc3[C@H]3CC(c4ccccc4)=NN32)cc1. The van der Waals surface area contributed by atoms with E-state index >= 15 is 0 Å². The molecule has 0 N–H and O–H groups in total. The lowest BCUT2D eigenvalue weighted by molar-refractivity contribution is -0.0197. The van der Waals surface area contributed by atoms with Crippen molar-refractivity contribution >= 4 is 37.6 Å². The molecule has 5 heteroatoms. The Morgan fingerprint density at radius 3 is 2.43 bits per heavy atom. The number of halogens is 2. The highest BCUT2D eigenvalue weighted by atomic mass is 79.9. The molecule has 3 aromatic rings. The summed E-state index contributed by atoms with van der Waals surface area (Å²) in [6.45, 7) is 4.43. The van der Waals surface area contributed by atoms with Crippen molar-refractivity contribution in [1.82, 2.24) is 5.01 Å². The van der Waals surface area contributed by atoms with E-state index in [1.165, 1.54) is 5.56 Å². The molecular formula is C25H22Br2N2O. The molecule has 0 unspecified atom stereocenters. The zero-order valence-corrected chi connectivity index (χ0v) is 20.0. The molecule has 0 aromatic heterocycles. The molecule has 0 bridgehead atoms. The number of hydrogen-bond donors (Lipinski definition) is 0. The second-order valence-electron chi connectivity index (χ2n) is 8.11. The van der Waals surface area contributed by atoms with E-state index in [9.17, 15) is 0 Å². The maximum atomic E-state index is 6.55. The number of nitrogens with zero attached hydrogens (tertiary/aromatic N) is 2. The number of ether oxygens (including phenoxy) is 1. The molecule has 0 aliphatic carbocycles. The van der Waals surface area contributed by atoms with E-state index in [-0.39, 0.29) is 12.3 Å². The quantitative estimate of drug-likeness (QED) is 0.352. The molecule has 2 aliphatic rings. The van der Waals surface area contributed by atoms with Crippen LogP contribution in [0.25, 0.3) is 0 Å². The largest absolute Gasteiger partial charge is 0.463 e. The zero-order valence-electron chi connectivity index (χ0n) is 16.8. The molecule has 152 valence electrons. The van der Waals surface area contributed by atoms with Gasteiger partial charge in [-0.25, -0.2) is 5.01 Å². The zero-order chi connectivity index (χ0) is 20.8. The number of hydrazone groups is 1. The highest BCUT2D eigenvalue weighted by molar-refractivity contribution is 9.11. The van der Waals surface area contributed by atoms with Crippen LogP contribution in [-0.4, -0.2) is 10.7 Å². The molecule has 3 nitrogen and oxygen atoms in total. The molecule has 2 aliphatic heterocycles. The summed E-state index contributed by atoms with van der Waals surface area (Å²) >= 11 is 7.35. The first-order chi connectivity index (χ1) is 14.5. The molecule has 0 saturated carbocycles. The van der Waals surface area contributed by atoms with Crippen LogP contribution in [0.2, 0.25) is 0 Å². The summed E-state index contributed by atoms with van der Waals surface area (Å²) in [4.78, 5) is 0. The standard InChI is InChI=1S/C25H22Br2N2O/c1-15(2)16-8-10-18(11-9-16)25-29-23(14-22(28-29)17-6-4-3-5-7-17)20-12-19(26)13-21(27)24(20)30-25/h3-13,15,23,25H,14H2,1-2H3/t23-,25+/m1/s1. The van der Waals surface area contributed by atoms with Gasteiger partial charge in [-0.1, -0.05) is 84.4 Å². The average Bonchev–Trinajstić information content (AvgIpc) is 3.20. The summed E-state index contributed by atoms with van der Waals surface area (Å²) < 4.78 is 8.55. The highest BCUT2D eigenvalue weighted by Crippen LogP contribution is 2.50. The van der Waals surface area contributed by atoms with Crippen LogP contribution >= 0.6 is 31.9 Å². The number of benzene rings is 3. The van der Waals surface area contributed by atoms with Crippen molar-refractivity contribution in [1.29, 1.82) is 0 Å². The topological polar surface area (TPSA) is 24.8 Å². The van der Waals surface area contributed by atoms with Crippen LogP contribution in [0.1, 0.15) is 60.7 Å². The lowest BCUT2D eigenvalue weighted by Crippen LogP contribution is -2.34. The summed E-state index contributed by atoms with van der Waals surface area (Å²) in [7, 11) is 0. The molecule has 0 spiro atoms. The molecule has 5 rings (SSSR count). The van der Waals surface area contributed by atoms with Crippen molar-refractivity contribution in [3.63, 3.8) is 0 Å². The van der Waals surface area contributed by atoms with Gasteiger partial charge in [0, 0.05) is 22.0 Å². The Bertz CT molecular complexity index is 1110. The van der Waals surface area contributed by atoms with Crippen LogP contribution in [0.4, 0.5) is 0 Å². The predicted octanol–water partition coefficient (Wildman–Crippen LogP) is 7.58. The van der Waals surface area contributed by atoms with Crippen molar-refractivity contribution in [2.75, 3.05) is 0 Å². The van der Waals surface area contributed by atoms with Gasteiger partial charge in [0.05, 0.1) is 16.2 Å². The van der Waals surface area contributed by atoms with Crippen molar-refractivity contribution in [3.05, 3.63) is 97.9 Å². The Kier molecular flexibility index (Phi) is 5.19. The van der Waals surface area contributed by atoms with Crippen LogP contribution in [0.5, 0.6) is 5.75 Å². The van der Waals surface area contributed by atoms with Gasteiger partial charge in [0.1, 0.15) is 5.75 Å². The highest BCUT2D eigenvalue weighted by Gasteiger charge is 2.41. The average molecular weight is 526 g/mol. The van der Waals surface area contributed by atoms with E-state index in [2.05, 4.69) is 105 Å². The van der Waals surface area contributed by atoms with Crippen LogP contribution < -0.4 is 4.74 Å². The van der Waals surface area contributed by atoms with Crippen molar-refractivity contribution < 1.29 is 4.74 Å². The van der Waals surface area contributed by atoms with Crippen LogP contribution in [0.3, 0.4) is 0 Å². The van der Waals surface area contributed by atoms with Gasteiger partial charge in [-0.2, -0.15) is 5.10 Å². The Balaban J connectivity index is 1.60. The number of fused-ring (bicyclic) bond motifs is 3. The van der Waals surface area contributed by atoms with Gasteiger partial charge < -0.3 is 4.74 Å². The fourth-order valence-electron chi connectivity index (χ4n) is 4.19. The summed E-state index contributed by atoms with van der Waals surface area (Å²) in [6, 6.07) is 23.5. The summed E-state index contributed by atoms with van der Waals surface area (Å²) in [5, 5.41) is 7.18. The van der Waals surface area contributed by atoms with E-state index in [0.717, 1.165) is 43.5 Å². The van der Waals surface area contributed by atoms with Gasteiger partial charge in [-0.3, -0.25) is 0 Å². The minimum Gasteiger partial charge on any atom is -0.463 e. The van der Waals surface area contributed by atoms with E-state index in [4.69, 9.17) is 9.84 Å². The Hall–Kier alpha value is -2.11. The Morgan fingerprint density at radius 2 is 1.73 bits per heavy atom. The monoisotopic (exact) mass is 524 g/mol. The van der Waals surface area contributed by atoms with Crippen LogP contribution in [0, 0.1) is 0 Å². The molecular weight excluding hydrogens is 504 g/mol. The molecule has 0 fully saturated rings. The summed E-state index contributed by atoms with van der Waals surface area (Å²) in [6.07, 6.45) is 0.589. The van der Waals surface area contributed by atoms with Crippen molar-refractivity contribution in [2.45, 2.75) is 38.5 Å². The molecule has 30 heavy (non-hydrogen) atoms. The first-order valence-electron chi connectivity index (χ1n) is 10.2. The van der Waals surface area contributed by atoms with Crippen LogP contribution in [0.15, 0.2) is 80.8 Å². The van der Waals surface area contributed by atoms with Gasteiger partial charge in [0.2, 0.25) is 6.23 Å².